The molecule has 25 heavy (non-hydrogen) atoms. The first-order valence-corrected chi connectivity index (χ1v) is 7.50. The Bertz CT molecular complexity index is 888. The fourth-order valence-corrected chi connectivity index (χ4v) is 2.28. The summed E-state index contributed by atoms with van der Waals surface area (Å²) in [7, 11) is 0. The average molecular weight is 367 g/mol. The van der Waals surface area contributed by atoms with Gasteiger partial charge in [-0.05, 0) is 17.7 Å². The molecular formula is C17H10ClF3N2O2. The number of benzene rings is 2. The van der Waals surface area contributed by atoms with Gasteiger partial charge in [-0.25, -0.2) is 0 Å². The van der Waals surface area contributed by atoms with Gasteiger partial charge in [0.2, 0.25) is 5.82 Å². The molecule has 0 bridgehead atoms. The van der Waals surface area contributed by atoms with E-state index in [-0.39, 0.29) is 18.0 Å². The van der Waals surface area contributed by atoms with Crippen molar-refractivity contribution in [3.8, 4) is 11.4 Å². The molecule has 0 amide bonds. The summed E-state index contributed by atoms with van der Waals surface area (Å²) in [5.74, 6) is -1.73. The zero-order valence-electron chi connectivity index (χ0n) is 12.5. The van der Waals surface area contributed by atoms with Gasteiger partial charge in [0.15, 0.2) is 5.78 Å². The van der Waals surface area contributed by atoms with Crippen LogP contribution in [-0.2, 0) is 12.6 Å². The summed E-state index contributed by atoms with van der Waals surface area (Å²) in [6, 6.07) is 12.9. The highest BCUT2D eigenvalue weighted by Gasteiger charge is 2.38. The van der Waals surface area contributed by atoms with Gasteiger partial charge in [-0.2, -0.15) is 18.2 Å². The summed E-state index contributed by atoms with van der Waals surface area (Å²) in [5.41, 5.74) is 1.56. The molecule has 4 nitrogen and oxygen atoms in total. The molecule has 1 heterocycles. The summed E-state index contributed by atoms with van der Waals surface area (Å²) in [6.45, 7) is 0. The average Bonchev–Trinajstić information content (AvgIpc) is 3.07. The first-order valence-electron chi connectivity index (χ1n) is 7.12. The van der Waals surface area contributed by atoms with Crippen molar-refractivity contribution in [2.45, 2.75) is 12.6 Å². The highest BCUT2D eigenvalue weighted by molar-refractivity contribution is 6.30. The molecule has 128 valence electrons. The predicted molar refractivity (Wildman–Crippen MR) is 84.2 cm³/mol. The third-order valence-electron chi connectivity index (χ3n) is 3.41. The first-order chi connectivity index (χ1) is 11.8. The zero-order valence-corrected chi connectivity index (χ0v) is 13.3. The first kappa shape index (κ1) is 17.2. The van der Waals surface area contributed by atoms with E-state index in [1.165, 1.54) is 24.3 Å². The van der Waals surface area contributed by atoms with Crippen molar-refractivity contribution >= 4 is 17.4 Å². The fourth-order valence-electron chi connectivity index (χ4n) is 2.15. The van der Waals surface area contributed by atoms with E-state index in [1.807, 2.05) is 0 Å². The van der Waals surface area contributed by atoms with Gasteiger partial charge < -0.3 is 4.52 Å². The lowest BCUT2D eigenvalue weighted by molar-refractivity contribution is -0.159. The molecule has 0 saturated heterocycles. The maximum absolute atomic E-state index is 12.5. The molecule has 0 aliphatic rings. The Labute approximate surface area is 145 Å². The van der Waals surface area contributed by atoms with E-state index in [9.17, 15) is 18.0 Å². The van der Waals surface area contributed by atoms with Gasteiger partial charge in [0.25, 0.3) is 0 Å². The van der Waals surface area contributed by atoms with E-state index in [4.69, 9.17) is 11.6 Å². The molecule has 0 aliphatic carbocycles. The van der Waals surface area contributed by atoms with Crippen molar-refractivity contribution in [3.63, 3.8) is 0 Å². The molecule has 0 spiro atoms. The van der Waals surface area contributed by atoms with Gasteiger partial charge >= 0.3 is 12.1 Å². The molecular weight excluding hydrogens is 357 g/mol. The molecule has 0 atom stereocenters. The van der Waals surface area contributed by atoms with Crippen LogP contribution in [0.25, 0.3) is 11.4 Å². The van der Waals surface area contributed by atoms with Gasteiger partial charge in [-0.15, -0.1) is 0 Å². The van der Waals surface area contributed by atoms with Crippen molar-refractivity contribution < 1.29 is 22.5 Å². The molecule has 2 aromatic carbocycles. The van der Waals surface area contributed by atoms with E-state index >= 15 is 0 Å². The maximum atomic E-state index is 12.5. The lowest BCUT2D eigenvalue weighted by atomic mass is 10.0. The highest BCUT2D eigenvalue weighted by atomic mass is 35.5. The second kappa shape index (κ2) is 6.68. The molecule has 0 fully saturated rings. The fraction of sp³-hybridized carbons (Fsp3) is 0.118. The van der Waals surface area contributed by atoms with Gasteiger partial charge in [0.05, 0.1) is 0 Å². The highest BCUT2D eigenvalue weighted by Crippen LogP contribution is 2.29. The lowest BCUT2D eigenvalue weighted by Crippen LogP contribution is -2.05. The molecule has 3 rings (SSSR count). The minimum Gasteiger partial charge on any atom is -0.329 e. The zero-order chi connectivity index (χ0) is 18.0. The standard InChI is InChI=1S/C17H10ClF3N2O2/c18-13-7-1-10(2-8-13)9-14(24)11-3-5-12(6-4-11)15-22-16(25-23-15)17(19,20)21/h1-8H,9H2. The topological polar surface area (TPSA) is 56.0 Å². The van der Waals surface area contributed by atoms with Crippen molar-refractivity contribution in [3.05, 3.63) is 70.6 Å². The largest absolute Gasteiger partial charge is 0.471 e. The number of Topliss-reactive ketones (excluding diaryl/α,β-unsaturated/α-hetero) is 1. The third-order valence-corrected chi connectivity index (χ3v) is 3.66. The molecule has 0 N–H and O–H groups in total. The second-order valence-electron chi connectivity index (χ2n) is 5.22. The van der Waals surface area contributed by atoms with Crippen molar-refractivity contribution in [2.24, 2.45) is 0 Å². The number of hydrogen-bond donors (Lipinski definition) is 0. The molecule has 0 unspecified atom stereocenters. The number of ketones is 1. The van der Waals surface area contributed by atoms with Crippen LogP contribution in [0.2, 0.25) is 5.02 Å². The Morgan fingerprint density at radius 3 is 2.24 bits per heavy atom. The Hall–Kier alpha value is -2.67. The van der Waals surface area contributed by atoms with Crippen molar-refractivity contribution in [1.29, 1.82) is 0 Å². The van der Waals surface area contributed by atoms with Crippen LogP contribution in [0.15, 0.2) is 53.1 Å². The van der Waals surface area contributed by atoms with E-state index in [1.54, 1.807) is 24.3 Å². The van der Waals surface area contributed by atoms with Gasteiger partial charge in [0, 0.05) is 22.6 Å². The summed E-state index contributed by atoms with van der Waals surface area (Å²) < 4.78 is 41.6. The summed E-state index contributed by atoms with van der Waals surface area (Å²) in [4.78, 5) is 15.6. The van der Waals surface area contributed by atoms with Crippen LogP contribution in [-0.4, -0.2) is 15.9 Å². The number of rotatable bonds is 4. The molecule has 1 aromatic heterocycles. The van der Waals surface area contributed by atoms with Gasteiger partial charge in [-0.3, -0.25) is 4.79 Å². The van der Waals surface area contributed by atoms with Crippen LogP contribution >= 0.6 is 11.6 Å². The van der Waals surface area contributed by atoms with Crippen LogP contribution in [0.1, 0.15) is 21.8 Å². The van der Waals surface area contributed by atoms with Gasteiger partial charge in [-0.1, -0.05) is 53.2 Å². The van der Waals surface area contributed by atoms with Gasteiger partial charge in [0.1, 0.15) is 0 Å². The second-order valence-corrected chi connectivity index (χ2v) is 5.66. The summed E-state index contributed by atoms with van der Waals surface area (Å²) >= 11 is 5.80. The predicted octanol–water partition coefficient (Wildman–Crippen LogP) is 4.83. The number of carbonyl (C=O) groups is 1. The van der Waals surface area contributed by atoms with Crippen LogP contribution in [0.5, 0.6) is 0 Å². The minimum atomic E-state index is -4.69. The molecule has 0 saturated carbocycles. The summed E-state index contributed by atoms with van der Waals surface area (Å²) in [6.07, 6.45) is -4.50. The normalized spacial score (nSPS) is 11.5. The molecule has 0 radical (unpaired) electrons. The Balaban J connectivity index is 1.74. The molecule has 8 heteroatoms. The summed E-state index contributed by atoms with van der Waals surface area (Å²) in [5, 5.41) is 3.88. The molecule has 0 aliphatic heterocycles. The van der Waals surface area contributed by atoms with E-state index < -0.39 is 12.1 Å². The maximum Gasteiger partial charge on any atom is 0.471 e. The van der Waals surface area contributed by atoms with E-state index in [2.05, 4.69) is 14.7 Å². The van der Waals surface area contributed by atoms with Crippen LogP contribution < -0.4 is 0 Å². The molecule has 3 aromatic rings. The van der Waals surface area contributed by atoms with Crippen LogP contribution in [0.3, 0.4) is 0 Å². The number of hydrogen-bond acceptors (Lipinski definition) is 4. The number of aromatic nitrogens is 2. The van der Waals surface area contributed by atoms with Crippen molar-refractivity contribution in [1.82, 2.24) is 10.1 Å². The Morgan fingerprint density at radius 2 is 1.68 bits per heavy atom. The van der Waals surface area contributed by atoms with Crippen LogP contribution in [0.4, 0.5) is 13.2 Å². The number of nitrogens with zero attached hydrogens (tertiary/aromatic N) is 2. The van der Waals surface area contributed by atoms with E-state index in [0.29, 0.717) is 16.1 Å². The third kappa shape index (κ3) is 4.06. The number of halogens is 4. The Morgan fingerprint density at radius 1 is 1.04 bits per heavy atom. The SMILES string of the molecule is O=C(Cc1ccc(Cl)cc1)c1ccc(-c2noc(C(F)(F)F)n2)cc1. The Kier molecular flexibility index (Phi) is 4.59. The smallest absolute Gasteiger partial charge is 0.329 e. The quantitative estimate of drug-likeness (QED) is 0.620. The van der Waals surface area contributed by atoms with Crippen molar-refractivity contribution in [2.75, 3.05) is 0 Å². The minimum absolute atomic E-state index is 0.127. The number of alkyl halides is 3. The number of carbonyl (C=O) groups excluding carboxylic acids is 1. The van der Waals surface area contributed by atoms with Crippen LogP contribution in [0, 0.1) is 0 Å². The monoisotopic (exact) mass is 366 g/mol. The van der Waals surface area contributed by atoms with E-state index in [0.717, 1.165) is 5.56 Å². The lowest BCUT2D eigenvalue weighted by Gasteiger charge is -2.03.